The van der Waals surface area contributed by atoms with E-state index < -0.39 is 0 Å². The van der Waals surface area contributed by atoms with E-state index in [1.165, 1.54) is 6.07 Å². The molecule has 0 spiro atoms. The number of amides is 1. The third-order valence-electron chi connectivity index (χ3n) is 5.90. The van der Waals surface area contributed by atoms with Crippen molar-refractivity contribution in [1.29, 1.82) is 0 Å². The summed E-state index contributed by atoms with van der Waals surface area (Å²) in [4.78, 5) is 36.9. The molecular formula is C24H28N6O2. The highest BCUT2D eigenvalue weighted by atomic mass is 16.1. The second kappa shape index (κ2) is 9.84. The van der Waals surface area contributed by atoms with Gasteiger partial charge in [0, 0.05) is 43.1 Å². The second-order valence-electron chi connectivity index (χ2n) is 8.27. The van der Waals surface area contributed by atoms with E-state index in [9.17, 15) is 9.59 Å². The van der Waals surface area contributed by atoms with Crippen molar-refractivity contribution >= 4 is 5.91 Å². The van der Waals surface area contributed by atoms with E-state index in [-0.39, 0.29) is 35.5 Å². The Morgan fingerprint density at radius 1 is 1.06 bits per heavy atom. The number of nitrogens with zero attached hydrogens (tertiary/aromatic N) is 2. The van der Waals surface area contributed by atoms with E-state index in [0.29, 0.717) is 30.1 Å². The quantitative estimate of drug-likeness (QED) is 0.455. The number of hydrogen-bond donors (Lipinski definition) is 4. The van der Waals surface area contributed by atoms with E-state index in [0.717, 1.165) is 5.56 Å². The summed E-state index contributed by atoms with van der Waals surface area (Å²) in [6, 6.07) is 16.8. The molecule has 0 bridgehead atoms. The molecule has 1 fully saturated rings. The molecule has 32 heavy (non-hydrogen) atoms. The first-order valence-electron chi connectivity index (χ1n) is 10.9. The maximum atomic E-state index is 13.0. The molecule has 166 valence electrons. The predicted octanol–water partition coefficient (Wildman–Crippen LogP) is 2.12. The van der Waals surface area contributed by atoms with E-state index >= 15 is 0 Å². The predicted molar refractivity (Wildman–Crippen MR) is 122 cm³/mol. The summed E-state index contributed by atoms with van der Waals surface area (Å²) in [5.74, 6) is 0.583. The fourth-order valence-electron chi connectivity index (χ4n) is 4.11. The highest BCUT2D eigenvalue weighted by Gasteiger charge is 2.32. The number of benzene rings is 1. The molecule has 1 aliphatic heterocycles. The van der Waals surface area contributed by atoms with E-state index in [1.54, 1.807) is 12.3 Å². The van der Waals surface area contributed by atoms with Crippen LogP contribution in [0.25, 0.3) is 11.5 Å². The summed E-state index contributed by atoms with van der Waals surface area (Å²) in [5, 5.41) is 3.17. The lowest BCUT2D eigenvalue weighted by atomic mass is 9.92. The Labute approximate surface area is 186 Å². The van der Waals surface area contributed by atoms with Gasteiger partial charge in [-0.05, 0) is 31.5 Å². The van der Waals surface area contributed by atoms with Crippen molar-refractivity contribution in [3.63, 3.8) is 0 Å². The largest absolute Gasteiger partial charge is 0.349 e. The normalized spacial score (nSPS) is 21.2. The van der Waals surface area contributed by atoms with Crippen LogP contribution in [-0.4, -0.2) is 32.9 Å². The maximum Gasteiger partial charge on any atom is 0.251 e. The van der Waals surface area contributed by atoms with E-state index in [2.05, 4.69) is 45.0 Å². The van der Waals surface area contributed by atoms with Gasteiger partial charge in [0.05, 0.1) is 11.7 Å². The highest BCUT2D eigenvalue weighted by Crippen LogP contribution is 2.22. The van der Waals surface area contributed by atoms with Crippen LogP contribution < -0.4 is 21.7 Å². The summed E-state index contributed by atoms with van der Waals surface area (Å²) in [5.41, 5.74) is 8.29. The van der Waals surface area contributed by atoms with Crippen molar-refractivity contribution in [2.45, 2.75) is 44.8 Å². The van der Waals surface area contributed by atoms with Gasteiger partial charge in [0.2, 0.25) is 5.91 Å². The Morgan fingerprint density at radius 2 is 1.78 bits per heavy atom. The molecule has 4 N–H and O–H groups in total. The standard InChI is InChI=1S/C24H28N6O2/c1-15-19(16(2)30-29-15)14-23(32)27-21(17-8-4-3-5-9-17)12-18-13-22(31)28-24(26-18)20-10-6-7-11-25-20/h3-11,13,15-16,19,21,29-30H,12,14H2,1-2H3,(H,27,32)(H,26,28,31). The molecule has 1 aliphatic rings. The molecule has 1 amide bonds. The Morgan fingerprint density at radius 3 is 2.47 bits per heavy atom. The monoisotopic (exact) mass is 432 g/mol. The first kappa shape index (κ1) is 21.9. The number of rotatable bonds is 7. The number of hydrazine groups is 1. The number of carbonyl (C=O) groups is 1. The van der Waals surface area contributed by atoms with Gasteiger partial charge < -0.3 is 10.3 Å². The van der Waals surface area contributed by atoms with Gasteiger partial charge in [-0.3, -0.25) is 25.4 Å². The highest BCUT2D eigenvalue weighted by molar-refractivity contribution is 5.77. The van der Waals surface area contributed by atoms with Crippen molar-refractivity contribution < 1.29 is 4.79 Å². The Hall–Kier alpha value is -3.36. The molecule has 3 aromatic rings. The van der Waals surface area contributed by atoms with Crippen LogP contribution in [0.1, 0.15) is 37.6 Å². The van der Waals surface area contributed by atoms with Gasteiger partial charge in [-0.1, -0.05) is 36.4 Å². The fraction of sp³-hybridized carbons (Fsp3) is 0.333. The van der Waals surface area contributed by atoms with Gasteiger partial charge in [-0.25, -0.2) is 4.98 Å². The second-order valence-corrected chi connectivity index (χ2v) is 8.27. The number of carbonyl (C=O) groups excluding carboxylic acids is 1. The van der Waals surface area contributed by atoms with Gasteiger partial charge in [-0.15, -0.1) is 0 Å². The Balaban J connectivity index is 1.56. The molecule has 0 saturated carbocycles. The van der Waals surface area contributed by atoms with Gasteiger partial charge in [0.1, 0.15) is 5.69 Å². The lowest BCUT2D eigenvalue weighted by Gasteiger charge is -2.22. The van der Waals surface area contributed by atoms with Crippen LogP contribution in [0.5, 0.6) is 0 Å². The van der Waals surface area contributed by atoms with Crippen LogP contribution in [0.2, 0.25) is 0 Å². The third kappa shape index (κ3) is 5.27. The number of hydrogen-bond acceptors (Lipinski definition) is 6. The van der Waals surface area contributed by atoms with Gasteiger partial charge >= 0.3 is 0 Å². The lowest BCUT2D eigenvalue weighted by molar-refractivity contribution is -0.122. The number of H-pyrrole nitrogens is 1. The van der Waals surface area contributed by atoms with E-state index in [1.807, 2.05) is 42.5 Å². The number of nitrogens with one attached hydrogen (secondary N) is 4. The molecule has 4 rings (SSSR count). The topological polar surface area (TPSA) is 112 Å². The summed E-state index contributed by atoms with van der Waals surface area (Å²) >= 11 is 0. The molecule has 0 radical (unpaired) electrons. The van der Waals surface area contributed by atoms with Crippen molar-refractivity contribution in [3.8, 4) is 11.5 Å². The van der Waals surface area contributed by atoms with Crippen molar-refractivity contribution in [2.75, 3.05) is 0 Å². The minimum absolute atomic E-state index is 0.0251. The van der Waals surface area contributed by atoms with Crippen LogP contribution in [-0.2, 0) is 11.2 Å². The first-order valence-corrected chi connectivity index (χ1v) is 10.9. The summed E-state index contributed by atoms with van der Waals surface area (Å²) in [6.07, 6.45) is 2.46. The molecule has 0 aliphatic carbocycles. The molecule has 1 saturated heterocycles. The van der Waals surface area contributed by atoms with Gasteiger partial charge in [0.15, 0.2) is 5.82 Å². The molecule has 3 heterocycles. The van der Waals surface area contributed by atoms with Crippen molar-refractivity contribution in [2.24, 2.45) is 5.92 Å². The van der Waals surface area contributed by atoms with Crippen LogP contribution in [0.15, 0.2) is 65.6 Å². The minimum Gasteiger partial charge on any atom is -0.349 e. The van der Waals surface area contributed by atoms with Crippen LogP contribution in [0.4, 0.5) is 0 Å². The molecule has 1 aromatic carbocycles. The Kier molecular flexibility index (Phi) is 6.72. The Bertz CT molecular complexity index is 1090. The molecule has 8 heteroatoms. The molecule has 3 unspecified atom stereocenters. The van der Waals surface area contributed by atoms with Crippen molar-refractivity contribution in [1.82, 2.24) is 31.1 Å². The number of aromatic nitrogens is 3. The zero-order chi connectivity index (χ0) is 22.5. The third-order valence-corrected chi connectivity index (χ3v) is 5.90. The number of aromatic amines is 1. The molecule has 8 nitrogen and oxygen atoms in total. The summed E-state index contributed by atoms with van der Waals surface area (Å²) in [7, 11) is 0. The fourth-order valence-corrected chi connectivity index (χ4v) is 4.11. The van der Waals surface area contributed by atoms with E-state index in [4.69, 9.17) is 0 Å². The SMILES string of the molecule is CC1NNC(C)C1CC(=O)NC(Cc1cc(=O)[nH]c(-c2ccccn2)n1)c1ccccc1. The zero-order valence-electron chi connectivity index (χ0n) is 18.2. The van der Waals surface area contributed by atoms with Crippen LogP contribution in [0.3, 0.4) is 0 Å². The smallest absolute Gasteiger partial charge is 0.251 e. The maximum absolute atomic E-state index is 13.0. The van der Waals surface area contributed by atoms with Crippen LogP contribution >= 0.6 is 0 Å². The average Bonchev–Trinajstić information content (AvgIpc) is 3.11. The van der Waals surface area contributed by atoms with Crippen LogP contribution in [0, 0.1) is 5.92 Å². The minimum atomic E-state index is -0.303. The average molecular weight is 433 g/mol. The molecule has 2 aromatic heterocycles. The van der Waals surface area contributed by atoms with Gasteiger partial charge in [0.25, 0.3) is 5.56 Å². The zero-order valence-corrected chi connectivity index (χ0v) is 18.2. The summed E-state index contributed by atoms with van der Waals surface area (Å²) in [6.45, 7) is 4.14. The molecular weight excluding hydrogens is 404 g/mol. The molecule has 3 atom stereocenters. The summed E-state index contributed by atoms with van der Waals surface area (Å²) < 4.78 is 0. The first-order chi connectivity index (χ1) is 15.5. The number of pyridine rings is 1. The lowest BCUT2D eigenvalue weighted by Crippen LogP contribution is -2.35. The van der Waals surface area contributed by atoms with Crippen molar-refractivity contribution in [3.05, 3.63) is 82.4 Å². The van der Waals surface area contributed by atoms with Gasteiger partial charge in [-0.2, -0.15) is 0 Å².